The SMILES string of the molecule is CC(Oc1ccc(Br)cc1)C(=O)N(C)Cc1ncc[nH]1. The summed E-state index contributed by atoms with van der Waals surface area (Å²) in [5.74, 6) is 1.32. The van der Waals surface area contributed by atoms with Crippen LogP contribution < -0.4 is 4.74 Å². The summed E-state index contributed by atoms with van der Waals surface area (Å²) in [5.41, 5.74) is 0. The van der Waals surface area contributed by atoms with Crippen molar-refractivity contribution >= 4 is 21.8 Å². The first kappa shape index (κ1) is 14.6. The molecule has 0 aliphatic carbocycles. The summed E-state index contributed by atoms with van der Waals surface area (Å²) in [6.07, 6.45) is 2.85. The minimum Gasteiger partial charge on any atom is -0.481 e. The minimum absolute atomic E-state index is 0.0932. The van der Waals surface area contributed by atoms with Gasteiger partial charge in [0.2, 0.25) is 0 Å². The second-order valence-electron chi connectivity index (χ2n) is 4.44. The average molecular weight is 338 g/mol. The molecule has 1 N–H and O–H groups in total. The first-order chi connectivity index (χ1) is 9.56. The van der Waals surface area contributed by atoms with Crippen LogP contribution in [0.1, 0.15) is 12.7 Å². The van der Waals surface area contributed by atoms with Crippen LogP contribution in [0, 0.1) is 0 Å². The summed E-state index contributed by atoms with van der Waals surface area (Å²) in [6, 6.07) is 7.39. The standard InChI is InChI=1S/C14H16BrN3O2/c1-10(20-12-5-3-11(15)4-6-12)14(19)18(2)9-13-16-7-8-17-13/h3-8,10H,9H2,1-2H3,(H,16,17). The fourth-order valence-corrected chi connectivity index (χ4v) is 2.03. The van der Waals surface area contributed by atoms with E-state index in [1.807, 2.05) is 24.3 Å². The summed E-state index contributed by atoms with van der Waals surface area (Å²) in [4.78, 5) is 20.8. The van der Waals surface area contributed by atoms with E-state index in [1.54, 1.807) is 31.3 Å². The summed E-state index contributed by atoms with van der Waals surface area (Å²) in [7, 11) is 1.73. The Labute approximate surface area is 126 Å². The molecule has 1 unspecified atom stereocenters. The van der Waals surface area contributed by atoms with Gasteiger partial charge in [0.25, 0.3) is 5.91 Å². The highest BCUT2D eigenvalue weighted by atomic mass is 79.9. The van der Waals surface area contributed by atoms with Crippen molar-refractivity contribution in [1.29, 1.82) is 0 Å². The van der Waals surface area contributed by atoms with E-state index in [0.717, 1.165) is 10.3 Å². The third-order valence-corrected chi connectivity index (χ3v) is 3.32. The lowest BCUT2D eigenvalue weighted by molar-refractivity contribution is -0.137. The molecule has 2 rings (SSSR count). The molecule has 2 aromatic rings. The number of imidazole rings is 1. The lowest BCUT2D eigenvalue weighted by Gasteiger charge is -2.21. The number of benzene rings is 1. The van der Waals surface area contributed by atoms with Crippen LogP contribution in [0.3, 0.4) is 0 Å². The van der Waals surface area contributed by atoms with Gasteiger partial charge in [-0.15, -0.1) is 0 Å². The van der Waals surface area contributed by atoms with Crippen LogP contribution in [-0.4, -0.2) is 33.9 Å². The van der Waals surface area contributed by atoms with E-state index in [-0.39, 0.29) is 5.91 Å². The Morgan fingerprint density at radius 2 is 2.15 bits per heavy atom. The van der Waals surface area contributed by atoms with Crippen molar-refractivity contribution in [1.82, 2.24) is 14.9 Å². The van der Waals surface area contributed by atoms with Crippen LogP contribution in [0.2, 0.25) is 0 Å². The first-order valence-corrected chi connectivity index (χ1v) is 7.01. The van der Waals surface area contributed by atoms with Crippen molar-refractivity contribution in [3.63, 3.8) is 0 Å². The second-order valence-corrected chi connectivity index (χ2v) is 5.36. The van der Waals surface area contributed by atoms with Crippen molar-refractivity contribution in [3.8, 4) is 5.75 Å². The van der Waals surface area contributed by atoms with Crippen molar-refractivity contribution < 1.29 is 9.53 Å². The van der Waals surface area contributed by atoms with Gasteiger partial charge in [-0.25, -0.2) is 4.98 Å². The summed E-state index contributed by atoms with van der Waals surface area (Å²) < 4.78 is 6.60. The number of rotatable bonds is 5. The molecule has 0 saturated heterocycles. The van der Waals surface area contributed by atoms with Gasteiger partial charge in [0.1, 0.15) is 11.6 Å². The molecule has 0 aliphatic heterocycles. The number of likely N-dealkylation sites (N-methyl/N-ethyl adjacent to an activating group) is 1. The highest BCUT2D eigenvalue weighted by Crippen LogP contribution is 2.17. The molecular weight excluding hydrogens is 322 g/mol. The lowest BCUT2D eigenvalue weighted by atomic mass is 10.3. The number of halogens is 1. The number of aromatic amines is 1. The number of nitrogens with one attached hydrogen (secondary N) is 1. The largest absolute Gasteiger partial charge is 0.481 e. The number of amides is 1. The predicted molar refractivity (Wildman–Crippen MR) is 79.3 cm³/mol. The number of ether oxygens (including phenoxy) is 1. The number of aromatic nitrogens is 2. The Balaban J connectivity index is 1.92. The van der Waals surface area contributed by atoms with Crippen LogP contribution in [-0.2, 0) is 11.3 Å². The molecule has 1 heterocycles. The van der Waals surface area contributed by atoms with Gasteiger partial charge in [0.15, 0.2) is 6.10 Å². The highest BCUT2D eigenvalue weighted by Gasteiger charge is 2.19. The molecule has 0 bridgehead atoms. The normalized spacial score (nSPS) is 11.9. The van der Waals surface area contributed by atoms with Gasteiger partial charge in [-0.2, -0.15) is 0 Å². The Kier molecular flexibility index (Phi) is 4.79. The zero-order valence-electron chi connectivity index (χ0n) is 11.3. The molecule has 0 fully saturated rings. The third kappa shape index (κ3) is 3.84. The van der Waals surface area contributed by atoms with E-state index in [9.17, 15) is 4.79 Å². The molecular formula is C14H16BrN3O2. The van der Waals surface area contributed by atoms with E-state index >= 15 is 0 Å². The van der Waals surface area contributed by atoms with Gasteiger partial charge in [-0.05, 0) is 31.2 Å². The fraction of sp³-hybridized carbons (Fsp3) is 0.286. The van der Waals surface area contributed by atoms with Crippen LogP contribution in [0.5, 0.6) is 5.75 Å². The Hall–Kier alpha value is -1.82. The molecule has 20 heavy (non-hydrogen) atoms. The number of nitrogens with zero attached hydrogens (tertiary/aromatic N) is 2. The second kappa shape index (κ2) is 6.56. The van der Waals surface area contributed by atoms with Crippen molar-refractivity contribution in [2.75, 3.05) is 7.05 Å². The maximum atomic E-state index is 12.2. The average Bonchev–Trinajstić information content (AvgIpc) is 2.93. The molecule has 1 aromatic carbocycles. The van der Waals surface area contributed by atoms with E-state index in [2.05, 4.69) is 25.9 Å². The molecule has 1 aromatic heterocycles. The molecule has 0 radical (unpaired) electrons. The number of carbonyl (C=O) groups is 1. The van der Waals surface area contributed by atoms with Gasteiger partial charge in [-0.3, -0.25) is 4.79 Å². The van der Waals surface area contributed by atoms with E-state index in [0.29, 0.717) is 12.3 Å². The molecule has 1 atom stereocenters. The molecule has 5 nitrogen and oxygen atoms in total. The van der Waals surface area contributed by atoms with Crippen LogP contribution in [0.25, 0.3) is 0 Å². The number of hydrogen-bond acceptors (Lipinski definition) is 3. The molecule has 6 heteroatoms. The summed E-state index contributed by atoms with van der Waals surface area (Å²) in [6.45, 7) is 2.17. The number of carbonyl (C=O) groups excluding carboxylic acids is 1. The third-order valence-electron chi connectivity index (χ3n) is 2.79. The van der Waals surface area contributed by atoms with Crippen LogP contribution >= 0.6 is 15.9 Å². The Morgan fingerprint density at radius 1 is 1.45 bits per heavy atom. The quantitative estimate of drug-likeness (QED) is 0.912. The number of H-pyrrole nitrogens is 1. The zero-order valence-corrected chi connectivity index (χ0v) is 12.9. The van der Waals surface area contributed by atoms with E-state index in [1.165, 1.54) is 0 Å². The lowest BCUT2D eigenvalue weighted by Crippen LogP contribution is -2.37. The minimum atomic E-state index is -0.545. The zero-order chi connectivity index (χ0) is 14.5. The molecule has 1 amide bonds. The molecule has 0 aliphatic rings. The molecule has 0 spiro atoms. The van der Waals surface area contributed by atoms with Gasteiger partial charge in [0, 0.05) is 23.9 Å². The van der Waals surface area contributed by atoms with Crippen molar-refractivity contribution in [2.45, 2.75) is 19.6 Å². The Morgan fingerprint density at radius 3 is 2.75 bits per heavy atom. The fourth-order valence-electron chi connectivity index (χ4n) is 1.77. The monoisotopic (exact) mass is 337 g/mol. The van der Waals surface area contributed by atoms with Crippen LogP contribution in [0.15, 0.2) is 41.1 Å². The van der Waals surface area contributed by atoms with Gasteiger partial charge >= 0.3 is 0 Å². The summed E-state index contributed by atoms with van der Waals surface area (Å²) >= 11 is 3.36. The molecule has 106 valence electrons. The van der Waals surface area contributed by atoms with Gasteiger partial charge < -0.3 is 14.6 Å². The maximum Gasteiger partial charge on any atom is 0.263 e. The van der Waals surface area contributed by atoms with Gasteiger partial charge in [0.05, 0.1) is 6.54 Å². The Bertz CT molecular complexity index is 554. The first-order valence-electron chi connectivity index (χ1n) is 6.21. The highest BCUT2D eigenvalue weighted by molar-refractivity contribution is 9.10. The maximum absolute atomic E-state index is 12.2. The van der Waals surface area contributed by atoms with Gasteiger partial charge in [-0.1, -0.05) is 15.9 Å². The van der Waals surface area contributed by atoms with Crippen molar-refractivity contribution in [2.24, 2.45) is 0 Å². The predicted octanol–water partition coefficient (Wildman–Crippen LogP) is 2.60. The summed E-state index contributed by atoms with van der Waals surface area (Å²) in [5, 5.41) is 0. The number of hydrogen-bond donors (Lipinski definition) is 1. The van der Waals surface area contributed by atoms with E-state index in [4.69, 9.17) is 4.74 Å². The van der Waals surface area contributed by atoms with Crippen LogP contribution in [0.4, 0.5) is 0 Å². The topological polar surface area (TPSA) is 58.2 Å². The smallest absolute Gasteiger partial charge is 0.263 e. The molecule has 0 saturated carbocycles. The van der Waals surface area contributed by atoms with Crippen molar-refractivity contribution in [3.05, 3.63) is 47.0 Å². The van der Waals surface area contributed by atoms with E-state index < -0.39 is 6.10 Å².